The van der Waals surface area contributed by atoms with Gasteiger partial charge in [-0.25, -0.2) is 0 Å². The van der Waals surface area contributed by atoms with Crippen LogP contribution >= 0.6 is 23.1 Å². The molecular formula is C7H7N3S2. The second-order valence-electron chi connectivity index (χ2n) is 2.22. The first-order valence-electron chi connectivity index (χ1n) is 3.44. The minimum absolute atomic E-state index is 0.860. The van der Waals surface area contributed by atoms with Gasteiger partial charge in [-0.3, -0.25) is 0 Å². The van der Waals surface area contributed by atoms with Crippen LogP contribution in [0.2, 0.25) is 0 Å². The fourth-order valence-corrected chi connectivity index (χ4v) is 2.16. The second kappa shape index (κ2) is 3.20. The maximum atomic E-state index is 4.20. The zero-order chi connectivity index (χ0) is 8.39. The van der Waals surface area contributed by atoms with Crippen molar-refractivity contribution in [2.75, 3.05) is 12.4 Å². The minimum atomic E-state index is 0.860. The molecular weight excluding hydrogens is 190 g/mol. The van der Waals surface area contributed by atoms with Gasteiger partial charge in [-0.1, -0.05) is 0 Å². The number of nitrogens with zero attached hydrogens (tertiary/aromatic N) is 2. The smallest absolute Gasteiger partial charge is 0.167 e. The molecule has 0 aliphatic rings. The molecule has 62 valence electrons. The summed E-state index contributed by atoms with van der Waals surface area (Å²) in [4.78, 5) is 0. The molecule has 0 aromatic carbocycles. The van der Waals surface area contributed by atoms with Crippen molar-refractivity contribution >= 4 is 28.9 Å². The third-order valence-corrected chi connectivity index (χ3v) is 2.73. The topological polar surface area (TPSA) is 37.8 Å². The summed E-state index contributed by atoms with van der Waals surface area (Å²) in [6.07, 6.45) is 0. The van der Waals surface area contributed by atoms with Crippen LogP contribution in [0.5, 0.6) is 0 Å². The van der Waals surface area contributed by atoms with Crippen molar-refractivity contribution in [3.63, 3.8) is 0 Å². The molecule has 0 saturated heterocycles. The summed E-state index contributed by atoms with van der Waals surface area (Å²) in [6.45, 7) is 0. The number of aromatic nitrogens is 2. The Kier molecular flexibility index (Phi) is 2.05. The summed E-state index contributed by atoms with van der Waals surface area (Å²) in [5, 5.41) is 7.11. The third-order valence-electron chi connectivity index (χ3n) is 1.52. The maximum absolute atomic E-state index is 4.20. The summed E-state index contributed by atoms with van der Waals surface area (Å²) >= 11 is 2.90. The van der Waals surface area contributed by atoms with Crippen LogP contribution in [-0.4, -0.2) is 15.8 Å². The van der Waals surface area contributed by atoms with Crippen LogP contribution in [-0.2, 0) is 0 Å². The zero-order valence-electron chi connectivity index (χ0n) is 6.44. The van der Waals surface area contributed by atoms with E-state index >= 15 is 0 Å². The highest BCUT2D eigenvalue weighted by molar-refractivity contribution is 7.08. The molecule has 0 bridgehead atoms. The Morgan fingerprint density at radius 1 is 1.42 bits per heavy atom. The first-order valence-corrected chi connectivity index (χ1v) is 5.12. The summed E-state index contributed by atoms with van der Waals surface area (Å²) in [5.74, 6) is 0.860. The van der Waals surface area contributed by atoms with E-state index in [0.717, 1.165) is 17.1 Å². The Hall–Kier alpha value is -0.940. The molecule has 12 heavy (non-hydrogen) atoms. The largest absolute Gasteiger partial charge is 0.370 e. The third kappa shape index (κ3) is 1.21. The van der Waals surface area contributed by atoms with E-state index in [1.165, 1.54) is 11.7 Å². The Morgan fingerprint density at radius 3 is 3.00 bits per heavy atom. The number of nitrogens with one attached hydrogen (secondary N) is 1. The standard InChI is InChI=1S/C7H7N3S2/c1-8-7-6(9-12-10-7)5-2-3-11-4-5/h2-4H,1H3,(H,8,10). The average Bonchev–Trinajstić information content (AvgIpc) is 2.74. The van der Waals surface area contributed by atoms with Crippen LogP contribution < -0.4 is 5.32 Å². The van der Waals surface area contributed by atoms with E-state index < -0.39 is 0 Å². The lowest BCUT2D eigenvalue weighted by atomic mass is 10.2. The van der Waals surface area contributed by atoms with E-state index in [0.29, 0.717) is 0 Å². The second-order valence-corrected chi connectivity index (χ2v) is 3.53. The fourth-order valence-electron chi connectivity index (χ4n) is 0.941. The Morgan fingerprint density at radius 2 is 2.33 bits per heavy atom. The molecule has 0 saturated carbocycles. The normalized spacial score (nSPS) is 10.1. The molecule has 0 aliphatic carbocycles. The first kappa shape index (κ1) is 7.70. The van der Waals surface area contributed by atoms with Crippen molar-refractivity contribution in [3.05, 3.63) is 16.8 Å². The molecule has 5 heteroatoms. The molecule has 3 nitrogen and oxygen atoms in total. The van der Waals surface area contributed by atoms with Gasteiger partial charge in [0, 0.05) is 18.0 Å². The highest BCUT2D eigenvalue weighted by atomic mass is 32.1. The quantitative estimate of drug-likeness (QED) is 0.802. The fraction of sp³-hybridized carbons (Fsp3) is 0.143. The number of anilines is 1. The Balaban J connectivity index is 2.46. The van der Waals surface area contributed by atoms with Gasteiger partial charge in [0.05, 0.1) is 11.7 Å². The maximum Gasteiger partial charge on any atom is 0.167 e. The van der Waals surface area contributed by atoms with E-state index in [2.05, 4.69) is 19.4 Å². The lowest BCUT2D eigenvalue weighted by molar-refractivity contribution is 1.41. The molecule has 0 radical (unpaired) electrons. The van der Waals surface area contributed by atoms with Crippen molar-refractivity contribution in [1.29, 1.82) is 0 Å². The van der Waals surface area contributed by atoms with E-state index in [4.69, 9.17) is 0 Å². The summed E-state index contributed by atoms with van der Waals surface area (Å²) in [7, 11) is 1.85. The van der Waals surface area contributed by atoms with Crippen LogP contribution in [0.15, 0.2) is 16.8 Å². The van der Waals surface area contributed by atoms with E-state index in [-0.39, 0.29) is 0 Å². The van der Waals surface area contributed by atoms with E-state index in [1.807, 2.05) is 18.5 Å². The first-order chi connectivity index (χ1) is 5.92. The van der Waals surface area contributed by atoms with Crippen LogP contribution in [0, 0.1) is 0 Å². The molecule has 0 atom stereocenters. The van der Waals surface area contributed by atoms with Crippen molar-refractivity contribution < 1.29 is 0 Å². The van der Waals surface area contributed by atoms with Crippen LogP contribution in [0.4, 0.5) is 5.82 Å². The summed E-state index contributed by atoms with van der Waals surface area (Å²) in [5.41, 5.74) is 2.09. The molecule has 0 aliphatic heterocycles. The molecule has 0 spiro atoms. The predicted octanol–water partition coefficient (Wildman–Crippen LogP) is 2.31. The van der Waals surface area contributed by atoms with Gasteiger partial charge < -0.3 is 5.32 Å². The highest BCUT2D eigenvalue weighted by Gasteiger charge is 2.08. The van der Waals surface area contributed by atoms with Gasteiger partial charge >= 0.3 is 0 Å². The van der Waals surface area contributed by atoms with Gasteiger partial charge in [-0.15, -0.1) is 0 Å². The van der Waals surface area contributed by atoms with Gasteiger partial charge in [0.1, 0.15) is 5.69 Å². The Bertz CT molecular complexity index is 352. The lowest BCUT2D eigenvalue weighted by Crippen LogP contribution is -1.89. The predicted molar refractivity (Wildman–Crippen MR) is 52.8 cm³/mol. The molecule has 1 N–H and O–H groups in total. The van der Waals surface area contributed by atoms with Crippen molar-refractivity contribution in [2.24, 2.45) is 0 Å². The number of hydrogen-bond donors (Lipinski definition) is 1. The molecule has 2 aromatic rings. The summed E-state index contributed by atoms with van der Waals surface area (Å²) < 4.78 is 8.32. The van der Waals surface area contributed by atoms with Crippen molar-refractivity contribution in [2.45, 2.75) is 0 Å². The van der Waals surface area contributed by atoms with Gasteiger partial charge in [0.15, 0.2) is 5.82 Å². The number of rotatable bonds is 2. The van der Waals surface area contributed by atoms with Crippen molar-refractivity contribution in [1.82, 2.24) is 8.75 Å². The van der Waals surface area contributed by atoms with Gasteiger partial charge in [0.25, 0.3) is 0 Å². The van der Waals surface area contributed by atoms with Crippen LogP contribution in [0.3, 0.4) is 0 Å². The van der Waals surface area contributed by atoms with Gasteiger partial charge in [-0.2, -0.15) is 20.1 Å². The monoisotopic (exact) mass is 197 g/mol. The van der Waals surface area contributed by atoms with E-state index in [1.54, 1.807) is 11.3 Å². The molecule has 0 fully saturated rings. The van der Waals surface area contributed by atoms with Crippen LogP contribution in [0.1, 0.15) is 0 Å². The molecule has 2 aromatic heterocycles. The van der Waals surface area contributed by atoms with E-state index in [9.17, 15) is 0 Å². The average molecular weight is 197 g/mol. The zero-order valence-corrected chi connectivity index (χ0v) is 8.08. The van der Waals surface area contributed by atoms with Gasteiger partial charge in [0.2, 0.25) is 0 Å². The number of hydrogen-bond acceptors (Lipinski definition) is 5. The SMILES string of the molecule is CNc1nsnc1-c1ccsc1. The van der Waals surface area contributed by atoms with Gasteiger partial charge in [-0.05, 0) is 11.4 Å². The Labute approximate surface area is 78.4 Å². The molecule has 2 rings (SSSR count). The van der Waals surface area contributed by atoms with Crippen molar-refractivity contribution in [3.8, 4) is 11.3 Å². The summed E-state index contributed by atoms with van der Waals surface area (Å²) in [6, 6.07) is 2.04. The minimum Gasteiger partial charge on any atom is -0.370 e. The lowest BCUT2D eigenvalue weighted by Gasteiger charge is -1.94. The molecule has 2 heterocycles. The van der Waals surface area contributed by atoms with Crippen LogP contribution in [0.25, 0.3) is 11.3 Å². The molecule has 0 unspecified atom stereocenters. The number of thiophene rings is 1. The highest BCUT2D eigenvalue weighted by Crippen LogP contribution is 2.26. The molecule has 0 amide bonds.